The summed E-state index contributed by atoms with van der Waals surface area (Å²) in [5.41, 5.74) is 0. The molecule has 9 heteroatoms. The van der Waals surface area contributed by atoms with Gasteiger partial charge in [0.2, 0.25) is 0 Å². The van der Waals surface area contributed by atoms with Crippen LogP contribution in [0.2, 0.25) is 0 Å². The minimum atomic E-state index is -4.15. The molecular formula is C6H12Cl4O4Si. The summed E-state index contributed by atoms with van der Waals surface area (Å²) in [7, 11) is -4.15. The molecule has 0 amide bonds. The molecule has 92 valence electrons. The van der Waals surface area contributed by atoms with Crippen LogP contribution in [0.3, 0.4) is 0 Å². The van der Waals surface area contributed by atoms with Crippen molar-refractivity contribution in [1.82, 2.24) is 0 Å². The molecule has 0 bridgehead atoms. The van der Waals surface area contributed by atoms with Gasteiger partial charge >= 0.3 is 9.05 Å². The van der Waals surface area contributed by atoms with Gasteiger partial charge < -0.3 is 18.4 Å². The molecule has 0 aliphatic rings. The first-order chi connectivity index (χ1) is 6.91. The minimum Gasteiger partial charge on any atom is -0.367 e. The Kier molecular flexibility index (Phi) is 9.00. The Labute approximate surface area is 109 Å². The predicted molar refractivity (Wildman–Crippen MR) is 62.8 cm³/mol. The first-order valence-corrected chi connectivity index (χ1v) is 7.69. The van der Waals surface area contributed by atoms with Crippen LogP contribution >= 0.6 is 46.4 Å². The van der Waals surface area contributed by atoms with Crippen molar-refractivity contribution < 1.29 is 18.4 Å². The second-order valence-corrected chi connectivity index (χ2v) is 6.20. The highest BCUT2D eigenvalue weighted by Gasteiger charge is 2.37. The Hall–Kier alpha value is 1.22. The van der Waals surface area contributed by atoms with Crippen molar-refractivity contribution in [3.63, 3.8) is 0 Å². The molecule has 15 heavy (non-hydrogen) atoms. The summed E-state index contributed by atoms with van der Waals surface area (Å²) in [5, 5.41) is -0.998. The van der Waals surface area contributed by atoms with Crippen LogP contribution in [0.25, 0.3) is 0 Å². The monoisotopic (exact) mass is 316 g/mol. The molecule has 0 saturated heterocycles. The standard InChI is InChI=1S/C6H12Cl4O4Si/c7-1-5(9)3-13-15(11,12)14-4-6(10)2-8/h5-6,11-12H,1-4H2. The Bertz CT molecular complexity index is 157. The average Bonchev–Trinajstić information content (AvgIpc) is 2.22. The number of rotatable bonds is 8. The largest absolute Gasteiger partial charge is 0.674 e. The normalized spacial score (nSPS) is 16.4. The fraction of sp³-hybridized carbons (Fsp3) is 1.00. The van der Waals surface area contributed by atoms with Crippen molar-refractivity contribution in [3.8, 4) is 0 Å². The zero-order valence-electron chi connectivity index (χ0n) is 7.71. The molecule has 0 aliphatic heterocycles. The van der Waals surface area contributed by atoms with Crippen LogP contribution in [-0.4, -0.2) is 54.4 Å². The van der Waals surface area contributed by atoms with Gasteiger partial charge in [0.25, 0.3) is 0 Å². The molecule has 0 aromatic rings. The number of hydrogen-bond acceptors (Lipinski definition) is 4. The molecule has 0 spiro atoms. The first-order valence-electron chi connectivity index (χ1n) is 4.04. The van der Waals surface area contributed by atoms with E-state index in [4.69, 9.17) is 46.4 Å². The van der Waals surface area contributed by atoms with Crippen LogP contribution in [0.1, 0.15) is 0 Å². The molecule has 0 aromatic carbocycles. The second-order valence-electron chi connectivity index (χ2n) is 2.67. The van der Waals surface area contributed by atoms with E-state index in [1.807, 2.05) is 0 Å². The number of halogens is 4. The van der Waals surface area contributed by atoms with Crippen LogP contribution in [0, 0.1) is 0 Å². The van der Waals surface area contributed by atoms with Gasteiger partial charge in [-0.25, -0.2) is 0 Å². The lowest BCUT2D eigenvalue weighted by Gasteiger charge is -2.19. The molecule has 0 heterocycles. The Morgan fingerprint density at radius 3 is 1.53 bits per heavy atom. The zero-order chi connectivity index (χ0) is 11.9. The van der Waals surface area contributed by atoms with E-state index in [2.05, 4.69) is 8.85 Å². The Morgan fingerprint density at radius 1 is 0.933 bits per heavy atom. The molecule has 0 aromatic heterocycles. The van der Waals surface area contributed by atoms with E-state index in [9.17, 15) is 9.59 Å². The lowest BCUT2D eigenvalue weighted by molar-refractivity contribution is 0.0257. The van der Waals surface area contributed by atoms with Crippen LogP contribution in [0.4, 0.5) is 0 Å². The molecule has 0 aliphatic carbocycles. The third-order valence-electron chi connectivity index (χ3n) is 1.24. The summed E-state index contributed by atoms with van der Waals surface area (Å²) < 4.78 is 9.37. The molecule has 0 saturated carbocycles. The lowest BCUT2D eigenvalue weighted by atomic mass is 10.5. The van der Waals surface area contributed by atoms with Crippen molar-refractivity contribution in [3.05, 3.63) is 0 Å². The maximum Gasteiger partial charge on any atom is 0.674 e. The molecule has 2 unspecified atom stereocenters. The smallest absolute Gasteiger partial charge is 0.367 e. The predicted octanol–water partition coefficient (Wildman–Crippen LogP) is 1.13. The Balaban J connectivity index is 3.75. The zero-order valence-corrected chi connectivity index (χ0v) is 11.7. The van der Waals surface area contributed by atoms with Crippen LogP contribution < -0.4 is 0 Å². The maximum absolute atomic E-state index is 9.25. The van der Waals surface area contributed by atoms with Gasteiger partial charge in [-0.05, 0) is 0 Å². The van der Waals surface area contributed by atoms with Crippen LogP contribution in [0.15, 0.2) is 0 Å². The highest BCUT2D eigenvalue weighted by molar-refractivity contribution is 6.50. The quantitative estimate of drug-likeness (QED) is 0.520. The fourth-order valence-corrected chi connectivity index (χ4v) is 1.96. The second kappa shape index (κ2) is 8.33. The van der Waals surface area contributed by atoms with E-state index < -0.39 is 19.8 Å². The Morgan fingerprint density at radius 2 is 1.27 bits per heavy atom. The highest BCUT2D eigenvalue weighted by Crippen LogP contribution is 2.07. The van der Waals surface area contributed by atoms with Gasteiger partial charge in [0.1, 0.15) is 0 Å². The fourth-order valence-electron chi connectivity index (χ4n) is 0.529. The van der Waals surface area contributed by atoms with Gasteiger partial charge in [-0.3, -0.25) is 0 Å². The number of hydrogen-bond donors (Lipinski definition) is 2. The molecular weight excluding hydrogens is 306 g/mol. The van der Waals surface area contributed by atoms with Crippen molar-refractivity contribution in [2.75, 3.05) is 25.0 Å². The summed E-state index contributed by atoms with van der Waals surface area (Å²) in [6.07, 6.45) is 0. The van der Waals surface area contributed by atoms with E-state index >= 15 is 0 Å². The van der Waals surface area contributed by atoms with Gasteiger partial charge in [-0.15, -0.1) is 46.4 Å². The van der Waals surface area contributed by atoms with Crippen molar-refractivity contribution in [1.29, 1.82) is 0 Å². The molecule has 0 fully saturated rings. The van der Waals surface area contributed by atoms with E-state index in [1.165, 1.54) is 0 Å². The van der Waals surface area contributed by atoms with Gasteiger partial charge in [0, 0.05) is 11.8 Å². The average molecular weight is 318 g/mol. The highest BCUT2D eigenvalue weighted by atomic mass is 35.5. The molecule has 0 radical (unpaired) electrons. The maximum atomic E-state index is 9.25. The van der Waals surface area contributed by atoms with Crippen LogP contribution in [-0.2, 0) is 8.85 Å². The third kappa shape index (κ3) is 8.97. The van der Waals surface area contributed by atoms with Crippen molar-refractivity contribution >= 4 is 55.5 Å². The first kappa shape index (κ1) is 16.2. The van der Waals surface area contributed by atoms with E-state index in [0.717, 1.165) is 0 Å². The van der Waals surface area contributed by atoms with Gasteiger partial charge in [-0.1, -0.05) is 0 Å². The SMILES string of the molecule is O[Si](O)(OCC(Cl)CCl)OCC(Cl)CCl. The summed E-state index contributed by atoms with van der Waals surface area (Å²) in [6, 6.07) is 0. The van der Waals surface area contributed by atoms with Gasteiger partial charge in [0.15, 0.2) is 0 Å². The van der Waals surface area contributed by atoms with Gasteiger partial charge in [-0.2, -0.15) is 0 Å². The summed E-state index contributed by atoms with van der Waals surface area (Å²) in [5.74, 6) is 0.289. The number of alkyl halides is 4. The van der Waals surface area contributed by atoms with Crippen molar-refractivity contribution in [2.24, 2.45) is 0 Å². The summed E-state index contributed by atoms with van der Waals surface area (Å²) in [4.78, 5) is 18.5. The molecule has 2 N–H and O–H groups in total. The third-order valence-corrected chi connectivity index (χ3v) is 3.95. The van der Waals surface area contributed by atoms with Crippen LogP contribution in [0.5, 0.6) is 0 Å². The van der Waals surface area contributed by atoms with Crippen molar-refractivity contribution in [2.45, 2.75) is 10.8 Å². The summed E-state index contributed by atoms with van der Waals surface area (Å²) >= 11 is 22.0. The molecule has 0 rings (SSSR count). The summed E-state index contributed by atoms with van der Waals surface area (Å²) in [6.45, 7) is -0.198. The van der Waals surface area contributed by atoms with Gasteiger partial charge in [0.05, 0.1) is 24.0 Å². The van der Waals surface area contributed by atoms with E-state index in [-0.39, 0.29) is 25.0 Å². The minimum absolute atomic E-state index is 0.0991. The molecule has 2 atom stereocenters. The van der Waals surface area contributed by atoms with E-state index in [0.29, 0.717) is 0 Å². The molecule has 4 nitrogen and oxygen atoms in total. The lowest BCUT2D eigenvalue weighted by Crippen LogP contribution is -2.45. The van der Waals surface area contributed by atoms with E-state index in [1.54, 1.807) is 0 Å². The topological polar surface area (TPSA) is 58.9 Å².